The lowest BCUT2D eigenvalue weighted by Gasteiger charge is -2.56. The summed E-state index contributed by atoms with van der Waals surface area (Å²) in [5, 5.41) is 16.2. The molecule has 0 radical (unpaired) electrons. The van der Waals surface area contributed by atoms with E-state index in [1.807, 2.05) is 36.4 Å². The lowest BCUT2D eigenvalue weighted by atomic mass is 9.53. The smallest absolute Gasteiger partial charge is 0.319 e. The van der Waals surface area contributed by atoms with Crippen molar-refractivity contribution in [2.45, 2.75) is 94.7 Å². The molecule has 2 aromatic carbocycles. The third-order valence-electron chi connectivity index (χ3n) is 11.8. The molecule has 4 atom stereocenters. The number of amides is 2. The number of likely N-dealkylation sites (tertiary alicyclic amines) is 1. The number of aliphatic hydroxyl groups is 1. The fourth-order valence-electron chi connectivity index (χ4n) is 9.87. The van der Waals surface area contributed by atoms with Gasteiger partial charge >= 0.3 is 6.03 Å². The van der Waals surface area contributed by atoms with Gasteiger partial charge in [0.25, 0.3) is 0 Å². The van der Waals surface area contributed by atoms with Gasteiger partial charge in [-0.05, 0) is 79.5 Å². The van der Waals surface area contributed by atoms with E-state index in [2.05, 4.69) is 34.6 Å². The van der Waals surface area contributed by atoms with Crippen molar-refractivity contribution >= 4 is 11.7 Å². The molecule has 7 aliphatic rings. The Morgan fingerprint density at radius 3 is 2.24 bits per heavy atom. The predicted octanol–water partition coefficient (Wildman–Crippen LogP) is 5.90. The van der Waals surface area contributed by atoms with Crippen molar-refractivity contribution in [1.29, 1.82) is 0 Å². The Labute approximate surface area is 272 Å². The molecule has 2 aromatic rings. The summed E-state index contributed by atoms with van der Waals surface area (Å²) in [6.45, 7) is 6.14. The van der Waals surface area contributed by atoms with Gasteiger partial charge in [0.2, 0.25) is 0 Å². The first-order valence-corrected chi connectivity index (χ1v) is 17.6. The SMILES string of the molecule is C[C@@H]1[C@H](CN2CCC3(CC2)OCCO3)O[C@H](c2cccc(NC(=O)NC34CC5CC(CC(C5)C3)C4)c2)O[C@@H]1c1ccc(CO)cc1. The number of benzene rings is 2. The Morgan fingerprint density at radius 1 is 0.913 bits per heavy atom. The second-order valence-corrected chi connectivity index (χ2v) is 15.1. The third kappa shape index (κ3) is 6.22. The summed E-state index contributed by atoms with van der Waals surface area (Å²) in [6, 6.07) is 15.8. The fourth-order valence-corrected chi connectivity index (χ4v) is 9.87. The van der Waals surface area contributed by atoms with Crippen molar-refractivity contribution in [3.05, 3.63) is 65.2 Å². The summed E-state index contributed by atoms with van der Waals surface area (Å²) in [5.74, 6) is 2.00. The fraction of sp³-hybridized carbons (Fsp3) is 0.649. The second-order valence-electron chi connectivity index (χ2n) is 15.1. The van der Waals surface area contributed by atoms with Crippen LogP contribution in [-0.2, 0) is 25.6 Å². The molecule has 4 saturated carbocycles. The highest BCUT2D eigenvalue weighted by molar-refractivity contribution is 5.90. The summed E-state index contributed by atoms with van der Waals surface area (Å²) < 4.78 is 25.4. The molecule has 3 N–H and O–H groups in total. The molecule has 4 bridgehead atoms. The number of hydrogen-bond donors (Lipinski definition) is 3. The van der Waals surface area contributed by atoms with Crippen molar-refractivity contribution in [3.8, 4) is 0 Å². The predicted molar refractivity (Wildman–Crippen MR) is 173 cm³/mol. The Kier molecular flexibility index (Phi) is 8.36. The molecular weight excluding hydrogens is 582 g/mol. The Hall–Kier alpha value is -2.53. The number of rotatable bonds is 7. The first kappa shape index (κ1) is 30.8. The van der Waals surface area contributed by atoms with E-state index in [1.165, 1.54) is 19.3 Å². The molecule has 3 aliphatic heterocycles. The molecular formula is C37H49N3O6. The Morgan fingerprint density at radius 2 is 1.59 bits per heavy atom. The highest BCUT2D eigenvalue weighted by atomic mass is 16.7. The van der Waals surface area contributed by atoms with Crippen LogP contribution < -0.4 is 10.6 Å². The second kappa shape index (κ2) is 12.5. The van der Waals surface area contributed by atoms with Crippen molar-refractivity contribution in [2.75, 3.05) is 38.2 Å². The van der Waals surface area contributed by atoms with Crippen LogP contribution in [0.3, 0.4) is 0 Å². The number of ether oxygens (including phenoxy) is 4. The molecule has 1 spiro atoms. The van der Waals surface area contributed by atoms with Crippen LogP contribution in [0.5, 0.6) is 0 Å². The third-order valence-corrected chi connectivity index (χ3v) is 11.8. The monoisotopic (exact) mass is 631 g/mol. The van der Waals surface area contributed by atoms with Gasteiger partial charge in [0, 0.05) is 55.2 Å². The van der Waals surface area contributed by atoms with Gasteiger partial charge in [-0.25, -0.2) is 4.79 Å². The van der Waals surface area contributed by atoms with E-state index in [-0.39, 0.29) is 36.3 Å². The standard InChI is InChI=1S/C37H49N3O6/c1-24-32(22-40-11-9-37(10-12-40)43-13-14-44-37)45-34(46-33(24)29-7-5-25(23-41)6-8-29)30-3-2-4-31(18-30)38-35(42)39-36-19-26-15-27(20-36)17-28(16-26)21-36/h2-8,18,24,26-28,32-34,41H,9-17,19-23H2,1H3,(H2,38,39,42)/t24-,26?,27?,28?,32+,33+,34+,36?/m1/s1. The molecule has 4 aliphatic carbocycles. The van der Waals surface area contributed by atoms with Gasteiger partial charge in [0.1, 0.15) is 0 Å². The van der Waals surface area contributed by atoms with Gasteiger partial charge in [-0.2, -0.15) is 0 Å². The zero-order valence-corrected chi connectivity index (χ0v) is 27.0. The van der Waals surface area contributed by atoms with Crippen LogP contribution in [-0.4, -0.2) is 66.3 Å². The number of nitrogens with zero attached hydrogens (tertiary/aromatic N) is 1. The summed E-state index contributed by atoms with van der Waals surface area (Å²) in [6.07, 6.45) is 8.27. The quantitative estimate of drug-likeness (QED) is 0.350. The number of carbonyl (C=O) groups excluding carboxylic acids is 1. The Bertz CT molecular complexity index is 1350. The molecule has 3 saturated heterocycles. The van der Waals surface area contributed by atoms with E-state index < -0.39 is 12.1 Å². The lowest BCUT2D eigenvalue weighted by Crippen LogP contribution is -2.60. The maximum absolute atomic E-state index is 13.4. The van der Waals surface area contributed by atoms with Crippen molar-refractivity contribution in [2.24, 2.45) is 23.7 Å². The highest BCUT2D eigenvalue weighted by Crippen LogP contribution is 2.55. The minimum absolute atomic E-state index is 0.00975. The number of urea groups is 1. The van der Waals surface area contributed by atoms with Crippen LogP contribution in [0.25, 0.3) is 0 Å². The molecule has 9 rings (SSSR count). The molecule has 2 amide bonds. The van der Waals surface area contributed by atoms with E-state index in [0.717, 1.165) is 91.9 Å². The molecule has 9 heteroatoms. The van der Waals surface area contributed by atoms with E-state index >= 15 is 0 Å². The van der Waals surface area contributed by atoms with E-state index in [1.54, 1.807) is 0 Å². The summed E-state index contributed by atoms with van der Waals surface area (Å²) >= 11 is 0. The topological polar surface area (TPSA) is 102 Å². The van der Waals surface area contributed by atoms with Gasteiger partial charge in [-0.1, -0.05) is 43.3 Å². The van der Waals surface area contributed by atoms with Crippen LogP contribution in [0.15, 0.2) is 48.5 Å². The normalized spacial score (nSPS) is 36.6. The van der Waals surface area contributed by atoms with E-state index in [9.17, 15) is 9.90 Å². The Balaban J connectivity index is 0.976. The average Bonchev–Trinajstić information content (AvgIpc) is 3.50. The van der Waals surface area contributed by atoms with Gasteiger partial charge in [-0.15, -0.1) is 0 Å². The summed E-state index contributed by atoms with van der Waals surface area (Å²) in [4.78, 5) is 15.8. The zero-order valence-electron chi connectivity index (χ0n) is 27.0. The number of anilines is 1. The van der Waals surface area contributed by atoms with Crippen LogP contribution in [0.2, 0.25) is 0 Å². The van der Waals surface area contributed by atoms with Crippen LogP contribution in [0.4, 0.5) is 10.5 Å². The molecule has 3 heterocycles. The van der Waals surface area contributed by atoms with Gasteiger partial charge < -0.3 is 39.6 Å². The van der Waals surface area contributed by atoms with Crippen LogP contribution in [0, 0.1) is 23.7 Å². The summed E-state index contributed by atoms with van der Waals surface area (Å²) in [5.41, 5.74) is 3.52. The highest BCUT2D eigenvalue weighted by Gasteiger charge is 2.51. The zero-order chi connectivity index (χ0) is 31.3. The average molecular weight is 632 g/mol. The minimum Gasteiger partial charge on any atom is -0.392 e. The number of aliphatic hydroxyl groups excluding tert-OH is 1. The van der Waals surface area contributed by atoms with E-state index in [0.29, 0.717) is 13.2 Å². The van der Waals surface area contributed by atoms with Crippen molar-refractivity contribution in [3.63, 3.8) is 0 Å². The minimum atomic E-state index is -0.589. The number of carbonyl (C=O) groups is 1. The van der Waals surface area contributed by atoms with Gasteiger partial charge in [0.15, 0.2) is 12.1 Å². The van der Waals surface area contributed by atoms with Gasteiger partial charge in [-0.3, -0.25) is 0 Å². The number of nitrogens with one attached hydrogen (secondary N) is 2. The summed E-state index contributed by atoms with van der Waals surface area (Å²) in [7, 11) is 0. The molecule has 7 fully saturated rings. The first-order valence-electron chi connectivity index (χ1n) is 17.6. The first-order chi connectivity index (χ1) is 22.4. The maximum atomic E-state index is 13.4. The van der Waals surface area contributed by atoms with Crippen LogP contribution in [0.1, 0.15) is 87.4 Å². The molecule has 0 unspecified atom stereocenters. The van der Waals surface area contributed by atoms with Gasteiger partial charge in [0.05, 0.1) is 32.0 Å². The maximum Gasteiger partial charge on any atom is 0.319 e. The molecule has 0 aromatic heterocycles. The number of hydrogen-bond acceptors (Lipinski definition) is 7. The molecule has 9 nitrogen and oxygen atoms in total. The molecule has 46 heavy (non-hydrogen) atoms. The van der Waals surface area contributed by atoms with E-state index in [4.69, 9.17) is 18.9 Å². The number of piperidine rings is 1. The largest absolute Gasteiger partial charge is 0.392 e. The molecule has 248 valence electrons. The van der Waals surface area contributed by atoms with Crippen molar-refractivity contribution in [1.82, 2.24) is 10.2 Å². The van der Waals surface area contributed by atoms with Crippen molar-refractivity contribution < 1.29 is 28.8 Å². The van der Waals surface area contributed by atoms with Crippen LogP contribution >= 0.6 is 0 Å². The lowest BCUT2D eigenvalue weighted by molar-refractivity contribution is -0.278.